The Labute approximate surface area is 181 Å². The first kappa shape index (κ1) is 30.1. The van der Waals surface area contributed by atoms with E-state index in [1.54, 1.807) is 0 Å². The third kappa shape index (κ3) is 33.5. The van der Waals surface area contributed by atoms with Crippen molar-refractivity contribution in [2.45, 2.75) is 117 Å². The molecule has 0 saturated heterocycles. The van der Waals surface area contributed by atoms with Crippen LogP contribution in [0.15, 0.2) is 0 Å². The van der Waals surface area contributed by atoms with Crippen LogP contribution in [0.4, 0.5) is 0 Å². The third-order valence-electron chi connectivity index (χ3n) is 5.23. The summed E-state index contributed by atoms with van der Waals surface area (Å²) in [6, 6.07) is 0. The van der Waals surface area contributed by atoms with E-state index in [4.69, 9.17) is 0 Å². The monoisotopic (exact) mass is 400 g/mol. The molecule has 0 spiro atoms. The Kier molecular flexibility index (Phi) is 21.7. The summed E-state index contributed by atoms with van der Waals surface area (Å²) in [7, 11) is 13.4. The number of nitrogens with zero attached hydrogens (tertiary/aromatic N) is 2. The van der Waals surface area contributed by atoms with Crippen molar-refractivity contribution in [3.63, 3.8) is 0 Å². The molecule has 0 fully saturated rings. The van der Waals surface area contributed by atoms with Crippen molar-refractivity contribution in [1.82, 2.24) is 0 Å². The van der Waals surface area contributed by atoms with Gasteiger partial charge in [0.05, 0.1) is 55.4 Å². The Morgan fingerprint density at radius 2 is 0.571 bits per heavy atom. The minimum Gasteiger partial charge on any atom is -0.333 e. The van der Waals surface area contributed by atoms with E-state index in [0.29, 0.717) is 0 Å². The standard InChI is InChI=1S/C22H48N.C4H12N/c1-5-7-9-11-13-15-17-19-21-23(3,4)22-20-18-16-14-12-10-8-6-2;1-5(2,3)4/h5-22H2,1-4H3;1-4H3/q2*+1. The molecule has 0 aliphatic rings. The third-order valence-corrected chi connectivity index (χ3v) is 5.23. The van der Waals surface area contributed by atoms with Crippen LogP contribution in [-0.4, -0.2) is 64.3 Å². The highest BCUT2D eigenvalue weighted by molar-refractivity contribution is 4.48. The molecule has 2 nitrogen and oxygen atoms in total. The second kappa shape index (κ2) is 20.2. The van der Waals surface area contributed by atoms with E-state index in [-0.39, 0.29) is 0 Å². The Hall–Kier alpha value is -0.0800. The van der Waals surface area contributed by atoms with Crippen LogP contribution in [0.5, 0.6) is 0 Å². The quantitative estimate of drug-likeness (QED) is 0.163. The summed E-state index contributed by atoms with van der Waals surface area (Å²) < 4.78 is 2.24. The maximum Gasteiger partial charge on any atom is 0.0782 e. The van der Waals surface area contributed by atoms with Crippen LogP contribution in [0.3, 0.4) is 0 Å². The van der Waals surface area contributed by atoms with Gasteiger partial charge in [0.25, 0.3) is 0 Å². The first-order chi connectivity index (χ1) is 13.1. The van der Waals surface area contributed by atoms with Crippen LogP contribution in [0.25, 0.3) is 0 Å². The molecule has 0 heterocycles. The van der Waals surface area contributed by atoms with E-state index in [1.165, 1.54) is 120 Å². The van der Waals surface area contributed by atoms with Crippen molar-refractivity contribution in [2.75, 3.05) is 55.4 Å². The van der Waals surface area contributed by atoms with Gasteiger partial charge in [-0.15, -0.1) is 0 Å². The van der Waals surface area contributed by atoms with Gasteiger partial charge in [0.2, 0.25) is 0 Å². The van der Waals surface area contributed by atoms with E-state index < -0.39 is 0 Å². The first-order valence-corrected chi connectivity index (χ1v) is 12.7. The Balaban J connectivity index is 0. The lowest BCUT2D eigenvalue weighted by Crippen LogP contribution is -2.41. The van der Waals surface area contributed by atoms with Gasteiger partial charge in [0.1, 0.15) is 0 Å². The summed E-state index contributed by atoms with van der Waals surface area (Å²) in [5, 5.41) is 0. The second-order valence-corrected chi connectivity index (χ2v) is 11.0. The molecule has 0 amide bonds. The summed E-state index contributed by atoms with van der Waals surface area (Å²) >= 11 is 0. The minimum atomic E-state index is 1.00. The maximum atomic E-state index is 2.43. The van der Waals surface area contributed by atoms with Crippen molar-refractivity contribution >= 4 is 0 Å². The highest BCUT2D eigenvalue weighted by atomic mass is 15.3. The lowest BCUT2D eigenvalue weighted by molar-refractivity contribution is -0.890. The van der Waals surface area contributed by atoms with Crippen LogP contribution in [0.2, 0.25) is 0 Å². The van der Waals surface area contributed by atoms with Gasteiger partial charge in [-0.3, -0.25) is 0 Å². The Morgan fingerprint density at radius 1 is 0.357 bits per heavy atom. The van der Waals surface area contributed by atoms with Crippen LogP contribution in [0, 0.1) is 0 Å². The highest BCUT2D eigenvalue weighted by Gasteiger charge is 2.13. The van der Waals surface area contributed by atoms with Crippen molar-refractivity contribution in [3.05, 3.63) is 0 Å². The minimum absolute atomic E-state index is 1.00. The SMILES string of the molecule is CCCCCCCCCC[N+](C)(C)CCCCCCCCCC.C[N+](C)(C)C. The molecule has 0 saturated carbocycles. The van der Waals surface area contributed by atoms with Gasteiger partial charge in [-0.1, -0.05) is 90.9 Å². The Morgan fingerprint density at radius 3 is 0.821 bits per heavy atom. The average Bonchev–Trinajstić information content (AvgIpc) is 2.58. The van der Waals surface area contributed by atoms with Crippen molar-refractivity contribution in [3.8, 4) is 0 Å². The largest absolute Gasteiger partial charge is 0.333 e. The molecular weight excluding hydrogens is 340 g/mol. The molecule has 0 bridgehead atoms. The van der Waals surface area contributed by atoms with Crippen molar-refractivity contribution in [1.29, 1.82) is 0 Å². The summed E-state index contributed by atoms with van der Waals surface area (Å²) in [5.74, 6) is 0. The van der Waals surface area contributed by atoms with E-state index in [9.17, 15) is 0 Å². The molecule has 0 aromatic carbocycles. The van der Waals surface area contributed by atoms with Gasteiger partial charge in [0, 0.05) is 0 Å². The molecule has 0 unspecified atom stereocenters. The maximum absolute atomic E-state index is 2.43. The molecule has 28 heavy (non-hydrogen) atoms. The second-order valence-electron chi connectivity index (χ2n) is 11.0. The normalized spacial score (nSPS) is 12.0. The lowest BCUT2D eigenvalue weighted by atomic mass is 10.1. The average molecular weight is 401 g/mol. The molecule has 172 valence electrons. The fraction of sp³-hybridized carbons (Fsp3) is 1.00. The van der Waals surface area contributed by atoms with E-state index in [0.717, 1.165) is 4.48 Å². The Bertz CT molecular complexity index is 263. The van der Waals surface area contributed by atoms with Crippen LogP contribution in [-0.2, 0) is 0 Å². The molecule has 2 heteroatoms. The first-order valence-electron chi connectivity index (χ1n) is 12.7. The molecule has 0 aromatic rings. The van der Waals surface area contributed by atoms with Gasteiger partial charge in [0.15, 0.2) is 0 Å². The predicted octanol–water partition coefficient (Wildman–Crippen LogP) is 7.67. The van der Waals surface area contributed by atoms with Gasteiger partial charge < -0.3 is 8.97 Å². The molecule has 0 aliphatic heterocycles. The summed E-state index contributed by atoms with van der Waals surface area (Å²) in [6.07, 6.45) is 23.0. The fourth-order valence-corrected chi connectivity index (χ4v) is 3.46. The summed E-state index contributed by atoms with van der Waals surface area (Å²) in [5.41, 5.74) is 0. The number of hydrogen-bond acceptors (Lipinski definition) is 0. The molecular formula is C26H60N2+2. The predicted molar refractivity (Wildman–Crippen MR) is 131 cm³/mol. The molecule has 0 rings (SSSR count). The summed E-state index contributed by atoms with van der Waals surface area (Å²) in [4.78, 5) is 0. The van der Waals surface area contributed by atoms with Gasteiger partial charge in [-0.05, 0) is 25.7 Å². The zero-order valence-corrected chi connectivity index (χ0v) is 21.6. The number of quaternary nitrogens is 2. The van der Waals surface area contributed by atoms with E-state index >= 15 is 0 Å². The van der Waals surface area contributed by atoms with E-state index in [2.05, 4.69) is 56.1 Å². The molecule has 0 N–H and O–H groups in total. The van der Waals surface area contributed by atoms with Gasteiger partial charge in [-0.25, -0.2) is 0 Å². The zero-order valence-electron chi connectivity index (χ0n) is 21.6. The van der Waals surface area contributed by atoms with Crippen molar-refractivity contribution < 1.29 is 8.97 Å². The number of rotatable bonds is 18. The fourth-order valence-electron chi connectivity index (χ4n) is 3.46. The van der Waals surface area contributed by atoms with Crippen LogP contribution in [0.1, 0.15) is 117 Å². The molecule has 0 atom stereocenters. The van der Waals surface area contributed by atoms with Crippen LogP contribution >= 0.6 is 0 Å². The topological polar surface area (TPSA) is 0 Å². The van der Waals surface area contributed by atoms with Gasteiger partial charge in [-0.2, -0.15) is 0 Å². The molecule has 0 radical (unpaired) electrons. The highest BCUT2D eigenvalue weighted by Crippen LogP contribution is 2.13. The van der Waals surface area contributed by atoms with Crippen molar-refractivity contribution in [2.24, 2.45) is 0 Å². The lowest BCUT2D eigenvalue weighted by Gasteiger charge is -2.30. The summed E-state index contributed by atoms with van der Waals surface area (Å²) in [6.45, 7) is 7.36. The molecule has 0 aromatic heterocycles. The van der Waals surface area contributed by atoms with Crippen LogP contribution < -0.4 is 0 Å². The van der Waals surface area contributed by atoms with Gasteiger partial charge >= 0.3 is 0 Å². The van der Waals surface area contributed by atoms with E-state index in [1.807, 2.05) is 0 Å². The molecule has 0 aliphatic carbocycles. The number of unbranched alkanes of at least 4 members (excludes halogenated alkanes) is 14. The smallest absolute Gasteiger partial charge is 0.0782 e. The number of hydrogen-bond donors (Lipinski definition) is 0. The zero-order chi connectivity index (χ0) is 21.7.